The fourth-order valence-electron chi connectivity index (χ4n) is 1.76. The van der Waals surface area contributed by atoms with Crippen molar-refractivity contribution in [1.82, 2.24) is 0 Å². The standard InChI is InChI=1S/C10H16BrN/c1-8(12)6-10(2)5-3-4-9(11)7-10/h3-5,8H,6-7,12H2,1-2H3/t8-,10?/m1/s1. The second-order valence-electron chi connectivity index (χ2n) is 3.98. The lowest BCUT2D eigenvalue weighted by atomic mass is 9.79. The number of nitrogens with two attached hydrogens (primary N) is 1. The fourth-order valence-corrected chi connectivity index (χ4v) is 2.56. The Morgan fingerprint density at radius 1 is 1.75 bits per heavy atom. The number of hydrogen-bond donors (Lipinski definition) is 1. The van der Waals surface area contributed by atoms with Gasteiger partial charge in [0.1, 0.15) is 0 Å². The van der Waals surface area contributed by atoms with E-state index in [0.29, 0.717) is 0 Å². The summed E-state index contributed by atoms with van der Waals surface area (Å²) in [4.78, 5) is 0. The molecule has 1 unspecified atom stereocenters. The van der Waals surface area contributed by atoms with E-state index in [0.717, 1.165) is 12.8 Å². The summed E-state index contributed by atoms with van der Waals surface area (Å²) in [7, 11) is 0. The van der Waals surface area contributed by atoms with E-state index in [1.165, 1.54) is 4.48 Å². The van der Waals surface area contributed by atoms with Gasteiger partial charge in [-0.1, -0.05) is 41.1 Å². The molecule has 0 aromatic rings. The second kappa shape index (κ2) is 3.75. The van der Waals surface area contributed by atoms with E-state index in [1.807, 2.05) is 0 Å². The highest BCUT2D eigenvalue weighted by Crippen LogP contribution is 2.37. The van der Waals surface area contributed by atoms with E-state index >= 15 is 0 Å². The van der Waals surface area contributed by atoms with Crippen molar-refractivity contribution in [2.24, 2.45) is 11.1 Å². The van der Waals surface area contributed by atoms with Gasteiger partial charge in [0, 0.05) is 6.04 Å². The number of rotatable bonds is 2. The van der Waals surface area contributed by atoms with Gasteiger partial charge in [-0.15, -0.1) is 0 Å². The Balaban J connectivity index is 2.63. The second-order valence-corrected chi connectivity index (χ2v) is 5.00. The van der Waals surface area contributed by atoms with Crippen molar-refractivity contribution < 1.29 is 0 Å². The van der Waals surface area contributed by atoms with E-state index in [2.05, 4.69) is 48.0 Å². The van der Waals surface area contributed by atoms with Gasteiger partial charge >= 0.3 is 0 Å². The summed E-state index contributed by atoms with van der Waals surface area (Å²) in [5.41, 5.74) is 6.04. The molecule has 0 radical (unpaired) electrons. The molecule has 2 N–H and O–H groups in total. The first-order valence-corrected chi connectivity index (χ1v) is 5.11. The van der Waals surface area contributed by atoms with Gasteiger partial charge in [-0.05, 0) is 29.7 Å². The van der Waals surface area contributed by atoms with E-state index in [1.54, 1.807) is 0 Å². The summed E-state index contributed by atoms with van der Waals surface area (Å²) >= 11 is 3.52. The molecule has 0 bridgehead atoms. The van der Waals surface area contributed by atoms with Crippen LogP contribution >= 0.6 is 15.9 Å². The van der Waals surface area contributed by atoms with E-state index in [4.69, 9.17) is 5.73 Å². The van der Waals surface area contributed by atoms with Crippen LogP contribution in [-0.4, -0.2) is 6.04 Å². The smallest absolute Gasteiger partial charge is 0.00187 e. The van der Waals surface area contributed by atoms with Gasteiger partial charge in [-0.2, -0.15) is 0 Å². The number of allylic oxidation sites excluding steroid dienone is 4. The SMILES string of the molecule is C[C@@H](N)CC1(C)C=CC=C(Br)C1. The van der Waals surface area contributed by atoms with Crippen LogP contribution in [0.4, 0.5) is 0 Å². The normalized spacial score (nSPS) is 31.5. The van der Waals surface area contributed by atoms with Crippen LogP contribution in [0.3, 0.4) is 0 Å². The zero-order valence-corrected chi connectivity index (χ0v) is 9.26. The van der Waals surface area contributed by atoms with Crippen LogP contribution in [0.2, 0.25) is 0 Å². The van der Waals surface area contributed by atoms with Crippen LogP contribution in [0.5, 0.6) is 0 Å². The Morgan fingerprint density at radius 3 is 2.92 bits per heavy atom. The summed E-state index contributed by atoms with van der Waals surface area (Å²) in [6, 6.07) is 0.276. The van der Waals surface area contributed by atoms with E-state index in [-0.39, 0.29) is 11.5 Å². The Labute approximate surface area is 82.8 Å². The molecule has 2 atom stereocenters. The minimum absolute atomic E-state index is 0.252. The van der Waals surface area contributed by atoms with Crippen molar-refractivity contribution in [3.05, 3.63) is 22.7 Å². The Bertz CT molecular complexity index is 218. The van der Waals surface area contributed by atoms with Crippen molar-refractivity contribution in [3.8, 4) is 0 Å². The van der Waals surface area contributed by atoms with Gasteiger partial charge in [0.25, 0.3) is 0 Å². The van der Waals surface area contributed by atoms with Gasteiger partial charge < -0.3 is 5.73 Å². The monoisotopic (exact) mass is 229 g/mol. The molecule has 0 saturated carbocycles. The summed E-state index contributed by atoms with van der Waals surface area (Å²) in [5.74, 6) is 0. The Hall–Kier alpha value is -0.0800. The van der Waals surface area contributed by atoms with Crippen LogP contribution < -0.4 is 5.73 Å². The van der Waals surface area contributed by atoms with Gasteiger partial charge in [-0.3, -0.25) is 0 Å². The molecular weight excluding hydrogens is 214 g/mol. The summed E-state index contributed by atoms with van der Waals surface area (Å²) in [6.07, 6.45) is 8.58. The molecule has 0 heterocycles. The number of hydrogen-bond acceptors (Lipinski definition) is 1. The van der Waals surface area contributed by atoms with Crippen LogP contribution in [0.25, 0.3) is 0 Å². The molecule has 0 spiro atoms. The quantitative estimate of drug-likeness (QED) is 0.775. The molecule has 0 saturated heterocycles. The highest BCUT2D eigenvalue weighted by Gasteiger charge is 2.24. The summed E-state index contributed by atoms with van der Waals surface area (Å²) in [6.45, 7) is 4.31. The molecule has 1 nitrogen and oxygen atoms in total. The van der Waals surface area contributed by atoms with Crippen LogP contribution in [0, 0.1) is 5.41 Å². The molecule has 0 amide bonds. The molecule has 0 fully saturated rings. The van der Waals surface area contributed by atoms with Crippen molar-refractivity contribution in [1.29, 1.82) is 0 Å². The third-order valence-electron chi connectivity index (χ3n) is 2.14. The molecule has 1 aliphatic carbocycles. The largest absolute Gasteiger partial charge is 0.328 e. The average molecular weight is 230 g/mol. The zero-order chi connectivity index (χ0) is 9.19. The lowest BCUT2D eigenvalue weighted by Crippen LogP contribution is -2.26. The van der Waals surface area contributed by atoms with Crippen LogP contribution in [0.15, 0.2) is 22.7 Å². The molecule has 2 heteroatoms. The minimum Gasteiger partial charge on any atom is -0.328 e. The lowest BCUT2D eigenvalue weighted by Gasteiger charge is -2.29. The van der Waals surface area contributed by atoms with Gasteiger partial charge in [0.2, 0.25) is 0 Å². The first-order valence-electron chi connectivity index (χ1n) is 4.31. The summed E-state index contributed by atoms with van der Waals surface area (Å²) < 4.78 is 1.27. The zero-order valence-electron chi connectivity index (χ0n) is 7.68. The maximum Gasteiger partial charge on any atom is 0.00187 e. The minimum atomic E-state index is 0.252. The first-order chi connectivity index (χ1) is 5.52. The van der Waals surface area contributed by atoms with E-state index in [9.17, 15) is 0 Å². The highest BCUT2D eigenvalue weighted by molar-refractivity contribution is 9.11. The molecule has 0 aliphatic heterocycles. The molecule has 0 aromatic heterocycles. The summed E-state index contributed by atoms with van der Waals surface area (Å²) in [5, 5.41) is 0. The van der Waals surface area contributed by atoms with E-state index < -0.39 is 0 Å². The van der Waals surface area contributed by atoms with Crippen LogP contribution in [0.1, 0.15) is 26.7 Å². The van der Waals surface area contributed by atoms with Gasteiger partial charge in [0.15, 0.2) is 0 Å². The molecular formula is C10H16BrN. The molecule has 0 aromatic carbocycles. The first kappa shape index (κ1) is 10.0. The Morgan fingerprint density at radius 2 is 2.42 bits per heavy atom. The van der Waals surface area contributed by atoms with Crippen LogP contribution in [-0.2, 0) is 0 Å². The topological polar surface area (TPSA) is 26.0 Å². The van der Waals surface area contributed by atoms with Gasteiger partial charge in [-0.25, -0.2) is 0 Å². The molecule has 1 aliphatic rings. The maximum absolute atomic E-state index is 5.79. The third-order valence-corrected chi connectivity index (χ3v) is 2.68. The number of halogens is 1. The third kappa shape index (κ3) is 2.76. The predicted molar refractivity (Wildman–Crippen MR) is 57.1 cm³/mol. The average Bonchev–Trinajstić information content (AvgIpc) is 1.82. The van der Waals surface area contributed by atoms with Gasteiger partial charge in [0.05, 0.1) is 0 Å². The highest BCUT2D eigenvalue weighted by atomic mass is 79.9. The van der Waals surface area contributed by atoms with Crippen molar-refractivity contribution in [3.63, 3.8) is 0 Å². The fraction of sp³-hybridized carbons (Fsp3) is 0.600. The predicted octanol–water partition coefficient (Wildman–Crippen LogP) is 2.97. The molecule has 68 valence electrons. The Kier molecular flexibility index (Phi) is 3.13. The lowest BCUT2D eigenvalue weighted by molar-refractivity contribution is 0.361. The molecule has 1 rings (SSSR count). The maximum atomic E-state index is 5.79. The van der Waals surface area contributed by atoms with Crippen molar-refractivity contribution in [2.75, 3.05) is 0 Å². The molecule has 12 heavy (non-hydrogen) atoms. The van der Waals surface area contributed by atoms with Crippen molar-refractivity contribution >= 4 is 15.9 Å². The van der Waals surface area contributed by atoms with Crippen molar-refractivity contribution in [2.45, 2.75) is 32.7 Å².